The van der Waals surface area contributed by atoms with Crippen LogP contribution in [0.25, 0.3) is 0 Å². The number of nitro groups is 1. The number of hydrogen-bond acceptors (Lipinski definition) is 5. The van der Waals surface area contributed by atoms with E-state index in [9.17, 15) is 23.3 Å². The van der Waals surface area contributed by atoms with E-state index < -0.39 is 53.0 Å². The van der Waals surface area contributed by atoms with Crippen LogP contribution in [0.15, 0.2) is 6.07 Å². The number of halogens is 3. The van der Waals surface area contributed by atoms with Gasteiger partial charge in [0.05, 0.1) is 17.6 Å². The molecule has 1 unspecified atom stereocenters. The van der Waals surface area contributed by atoms with E-state index in [1.807, 2.05) is 5.32 Å². The number of anilines is 1. The zero-order chi connectivity index (χ0) is 13.9. The van der Waals surface area contributed by atoms with E-state index in [1.165, 1.54) is 0 Å². The van der Waals surface area contributed by atoms with E-state index in [0.717, 1.165) is 0 Å². The van der Waals surface area contributed by atoms with Gasteiger partial charge in [0.1, 0.15) is 0 Å². The minimum atomic E-state index is -1.80. The minimum Gasteiger partial charge on any atom is -0.394 e. The summed E-state index contributed by atoms with van der Waals surface area (Å²) in [6, 6.07) is 0.149. The monoisotopic (exact) mass is 266 g/mol. The summed E-state index contributed by atoms with van der Waals surface area (Å²) < 4.78 is 39.3. The lowest BCUT2D eigenvalue weighted by molar-refractivity contribution is -0.387. The second-order valence-corrected chi connectivity index (χ2v) is 3.35. The fourth-order valence-electron chi connectivity index (χ4n) is 1.21. The SMILES string of the molecule is O=[N+]([O-])c1c(F)c(F)cc(F)c1NCC(O)CO. The van der Waals surface area contributed by atoms with E-state index in [1.54, 1.807) is 0 Å². The van der Waals surface area contributed by atoms with Crippen molar-refractivity contribution >= 4 is 11.4 Å². The van der Waals surface area contributed by atoms with Gasteiger partial charge in [-0.2, -0.15) is 4.39 Å². The van der Waals surface area contributed by atoms with Gasteiger partial charge >= 0.3 is 5.69 Å². The van der Waals surface area contributed by atoms with Crippen LogP contribution in [0.1, 0.15) is 0 Å². The van der Waals surface area contributed by atoms with Gasteiger partial charge in [0.2, 0.25) is 5.82 Å². The summed E-state index contributed by atoms with van der Waals surface area (Å²) in [4.78, 5) is 9.26. The zero-order valence-corrected chi connectivity index (χ0v) is 8.86. The standard InChI is InChI=1S/C9H9F3N2O4/c10-5-1-6(11)8(13-2-4(16)3-15)9(7(5)12)14(17)18/h1,4,13,15-16H,2-3H2. The quantitative estimate of drug-likeness (QED) is 0.416. The van der Waals surface area contributed by atoms with Crippen molar-refractivity contribution in [2.45, 2.75) is 6.10 Å². The van der Waals surface area contributed by atoms with E-state index in [2.05, 4.69) is 0 Å². The summed E-state index contributed by atoms with van der Waals surface area (Å²) in [6.07, 6.45) is -1.32. The maximum atomic E-state index is 13.3. The molecular weight excluding hydrogens is 257 g/mol. The largest absolute Gasteiger partial charge is 0.394 e. The topological polar surface area (TPSA) is 95.6 Å². The first-order valence-electron chi connectivity index (χ1n) is 4.73. The maximum absolute atomic E-state index is 13.3. The maximum Gasteiger partial charge on any atom is 0.333 e. The molecule has 0 aromatic heterocycles. The van der Waals surface area contributed by atoms with Crippen LogP contribution in [0.3, 0.4) is 0 Å². The van der Waals surface area contributed by atoms with Gasteiger partial charge in [0.15, 0.2) is 17.3 Å². The molecule has 0 heterocycles. The molecule has 1 aromatic rings. The molecule has 0 radical (unpaired) electrons. The van der Waals surface area contributed by atoms with Gasteiger partial charge in [-0.3, -0.25) is 10.1 Å². The molecule has 0 amide bonds. The highest BCUT2D eigenvalue weighted by Gasteiger charge is 2.28. The van der Waals surface area contributed by atoms with Crippen LogP contribution in [0.4, 0.5) is 24.5 Å². The highest BCUT2D eigenvalue weighted by atomic mass is 19.2. The van der Waals surface area contributed by atoms with Crippen LogP contribution >= 0.6 is 0 Å². The van der Waals surface area contributed by atoms with Gasteiger partial charge in [-0.25, -0.2) is 8.78 Å². The van der Waals surface area contributed by atoms with Crippen molar-refractivity contribution in [3.05, 3.63) is 33.6 Å². The lowest BCUT2D eigenvalue weighted by Crippen LogP contribution is -2.24. The molecule has 0 spiro atoms. The first kappa shape index (κ1) is 14.2. The molecule has 0 fully saturated rings. The third kappa shape index (κ3) is 2.87. The average Bonchev–Trinajstić information content (AvgIpc) is 2.30. The third-order valence-corrected chi connectivity index (χ3v) is 2.05. The summed E-state index contributed by atoms with van der Waals surface area (Å²) >= 11 is 0. The number of nitrogens with one attached hydrogen (secondary N) is 1. The molecule has 100 valence electrons. The molecule has 18 heavy (non-hydrogen) atoms. The summed E-state index contributed by atoms with van der Waals surface area (Å²) in [5, 5.41) is 30.1. The molecule has 0 aliphatic heterocycles. The molecule has 0 aliphatic carbocycles. The Morgan fingerprint density at radius 2 is 2.00 bits per heavy atom. The Morgan fingerprint density at radius 1 is 1.39 bits per heavy atom. The Kier molecular flexibility index (Phi) is 4.45. The van der Waals surface area contributed by atoms with Crippen LogP contribution in [0, 0.1) is 27.6 Å². The molecule has 1 atom stereocenters. The minimum absolute atomic E-state index is 0.149. The Labute approximate surface area is 98.8 Å². The number of aliphatic hydroxyl groups is 2. The normalized spacial score (nSPS) is 12.3. The molecule has 0 bridgehead atoms. The van der Waals surface area contributed by atoms with Crippen molar-refractivity contribution in [1.82, 2.24) is 0 Å². The van der Waals surface area contributed by atoms with Crippen LogP contribution in [-0.4, -0.2) is 34.4 Å². The predicted molar refractivity (Wildman–Crippen MR) is 54.6 cm³/mol. The van der Waals surface area contributed by atoms with Gasteiger partial charge in [0, 0.05) is 12.6 Å². The predicted octanol–water partition coefficient (Wildman–Crippen LogP) is 0.777. The number of nitrogens with zero attached hydrogens (tertiary/aromatic N) is 1. The van der Waals surface area contributed by atoms with Gasteiger partial charge < -0.3 is 15.5 Å². The van der Waals surface area contributed by atoms with Gasteiger partial charge in [-0.1, -0.05) is 0 Å². The highest BCUT2D eigenvalue weighted by Crippen LogP contribution is 2.32. The smallest absolute Gasteiger partial charge is 0.333 e. The first-order valence-corrected chi connectivity index (χ1v) is 4.73. The van der Waals surface area contributed by atoms with E-state index >= 15 is 0 Å². The molecule has 1 aromatic carbocycles. The molecular formula is C9H9F3N2O4. The Balaban J connectivity index is 3.16. The average molecular weight is 266 g/mol. The second kappa shape index (κ2) is 5.65. The summed E-state index contributed by atoms with van der Waals surface area (Å²) in [5.41, 5.74) is -2.27. The highest BCUT2D eigenvalue weighted by molar-refractivity contribution is 5.63. The molecule has 9 heteroatoms. The number of nitro benzene ring substituents is 1. The number of hydrogen-bond donors (Lipinski definition) is 3. The fourth-order valence-corrected chi connectivity index (χ4v) is 1.21. The van der Waals surface area contributed by atoms with Crippen LogP contribution in [0.2, 0.25) is 0 Å². The van der Waals surface area contributed by atoms with Crippen molar-refractivity contribution < 1.29 is 28.3 Å². The lowest BCUT2D eigenvalue weighted by atomic mass is 10.2. The fraction of sp³-hybridized carbons (Fsp3) is 0.333. The lowest BCUT2D eigenvalue weighted by Gasteiger charge is -2.11. The first-order chi connectivity index (χ1) is 8.38. The van der Waals surface area contributed by atoms with Gasteiger partial charge in [-0.05, 0) is 0 Å². The number of benzene rings is 1. The van der Waals surface area contributed by atoms with Crippen molar-refractivity contribution in [2.24, 2.45) is 0 Å². The number of aliphatic hydroxyl groups excluding tert-OH is 2. The van der Waals surface area contributed by atoms with Crippen LogP contribution in [-0.2, 0) is 0 Å². The summed E-state index contributed by atoms with van der Waals surface area (Å²) in [5.74, 6) is -4.86. The van der Waals surface area contributed by atoms with Gasteiger partial charge in [-0.15, -0.1) is 0 Å². The van der Waals surface area contributed by atoms with Crippen molar-refractivity contribution in [2.75, 3.05) is 18.5 Å². The van der Waals surface area contributed by atoms with Gasteiger partial charge in [0.25, 0.3) is 0 Å². The Bertz CT molecular complexity index is 470. The summed E-state index contributed by atoms with van der Waals surface area (Å²) in [6.45, 7) is -1.13. The molecule has 0 saturated carbocycles. The van der Waals surface area contributed by atoms with Crippen molar-refractivity contribution in [3.8, 4) is 0 Å². The van der Waals surface area contributed by atoms with Crippen molar-refractivity contribution in [1.29, 1.82) is 0 Å². The molecule has 6 nitrogen and oxygen atoms in total. The molecule has 0 aliphatic rings. The van der Waals surface area contributed by atoms with E-state index in [4.69, 9.17) is 10.2 Å². The van der Waals surface area contributed by atoms with E-state index in [-0.39, 0.29) is 6.07 Å². The Morgan fingerprint density at radius 3 is 2.50 bits per heavy atom. The molecule has 3 N–H and O–H groups in total. The van der Waals surface area contributed by atoms with Crippen LogP contribution in [0.5, 0.6) is 0 Å². The zero-order valence-electron chi connectivity index (χ0n) is 8.86. The molecule has 1 rings (SSSR count). The van der Waals surface area contributed by atoms with Crippen molar-refractivity contribution in [3.63, 3.8) is 0 Å². The molecule has 0 saturated heterocycles. The summed E-state index contributed by atoms with van der Waals surface area (Å²) in [7, 11) is 0. The third-order valence-electron chi connectivity index (χ3n) is 2.05. The number of rotatable bonds is 5. The van der Waals surface area contributed by atoms with Crippen LogP contribution < -0.4 is 5.32 Å². The van der Waals surface area contributed by atoms with E-state index in [0.29, 0.717) is 0 Å². The Hall–Kier alpha value is -1.87. The second-order valence-electron chi connectivity index (χ2n) is 3.35.